The van der Waals surface area contributed by atoms with Crippen LogP contribution in [0.4, 0.5) is 10.1 Å². The van der Waals surface area contributed by atoms with E-state index >= 15 is 0 Å². The van der Waals surface area contributed by atoms with Gasteiger partial charge in [-0.05, 0) is 56.2 Å². The number of halogens is 1. The highest BCUT2D eigenvalue weighted by atomic mass is 19.1. The number of amides is 1. The molecule has 0 saturated heterocycles. The van der Waals surface area contributed by atoms with Gasteiger partial charge in [0.15, 0.2) is 12.7 Å². The summed E-state index contributed by atoms with van der Waals surface area (Å²) >= 11 is 0. The molecule has 1 amide bonds. The lowest BCUT2D eigenvalue weighted by molar-refractivity contribution is -0.155. The Morgan fingerprint density at radius 2 is 1.88 bits per heavy atom. The lowest BCUT2D eigenvalue weighted by Gasteiger charge is -2.25. The summed E-state index contributed by atoms with van der Waals surface area (Å²) in [6.45, 7) is 3.16. The molecule has 5 nitrogen and oxygen atoms in total. The second-order valence-electron chi connectivity index (χ2n) is 6.26. The molecule has 0 spiro atoms. The van der Waals surface area contributed by atoms with E-state index in [1.165, 1.54) is 24.3 Å². The maximum absolute atomic E-state index is 12.8. The molecule has 0 unspecified atom stereocenters. The molecule has 6 heteroatoms. The number of benzene rings is 2. The number of carbonyl (C=O) groups excluding carboxylic acids is 2. The number of fused-ring (bicyclic) bond motifs is 1. The maximum atomic E-state index is 12.8. The fourth-order valence-electron chi connectivity index (χ4n) is 3.05. The van der Waals surface area contributed by atoms with Gasteiger partial charge in [-0.3, -0.25) is 4.79 Å². The van der Waals surface area contributed by atoms with Crippen LogP contribution in [0.2, 0.25) is 0 Å². The minimum Gasteiger partial charge on any atom is -0.482 e. The quantitative estimate of drug-likeness (QED) is 0.772. The summed E-state index contributed by atoms with van der Waals surface area (Å²) in [5.41, 5.74) is 1.96. The second-order valence-corrected chi connectivity index (χ2v) is 6.26. The zero-order valence-corrected chi connectivity index (χ0v) is 14.6. The number of para-hydroxylation sites is 1. The van der Waals surface area contributed by atoms with E-state index in [9.17, 15) is 14.0 Å². The first-order valence-electron chi connectivity index (χ1n) is 8.44. The first-order chi connectivity index (χ1) is 12.5. The van der Waals surface area contributed by atoms with Gasteiger partial charge < -0.3 is 14.4 Å². The van der Waals surface area contributed by atoms with Gasteiger partial charge in [-0.1, -0.05) is 18.2 Å². The van der Waals surface area contributed by atoms with Crippen LogP contribution in [-0.4, -0.2) is 30.6 Å². The number of anilines is 1. The lowest BCUT2D eigenvalue weighted by Crippen LogP contribution is -2.43. The van der Waals surface area contributed by atoms with Crippen LogP contribution in [0.25, 0.3) is 0 Å². The summed E-state index contributed by atoms with van der Waals surface area (Å²) in [6.07, 6.45) is -0.149. The molecule has 2 atom stereocenters. The highest BCUT2D eigenvalue weighted by Gasteiger charge is 2.34. The van der Waals surface area contributed by atoms with Gasteiger partial charge in [0, 0.05) is 11.7 Å². The van der Waals surface area contributed by atoms with Crippen LogP contribution in [0.15, 0.2) is 48.5 Å². The third-order valence-corrected chi connectivity index (χ3v) is 4.27. The summed E-state index contributed by atoms with van der Waals surface area (Å²) in [7, 11) is 0. The van der Waals surface area contributed by atoms with Gasteiger partial charge in [-0.15, -0.1) is 0 Å². The predicted molar refractivity (Wildman–Crippen MR) is 94.5 cm³/mol. The van der Waals surface area contributed by atoms with E-state index in [2.05, 4.69) is 0 Å². The van der Waals surface area contributed by atoms with E-state index in [0.717, 1.165) is 17.7 Å². The van der Waals surface area contributed by atoms with E-state index in [4.69, 9.17) is 9.47 Å². The third kappa shape index (κ3) is 3.85. The third-order valence-electron chi connectivity index (χ3n) is 4.27. The van der Waals surface area contributed by atoms with Crippen LogP contribution < -0.4 is 9.64 Å². The Morgan fingerprint density at radius 1 is 1.19 bits per heavy atom. The topological polar surface area (TPSA) is 55.8 Å². The zero-order valence-electron chi connectivity index (χ0n) is 14.6. The Labute approximate surface area is 151 Å². The van der Waals surface area contributed by atoms with Crippen molar-refractivity contribution in [2.75, 3.05) is 11.5 Å². The number of nitrogens with zero attached hydrogens (tertiary/aromatic N) is 1. The summed E-state index contributed by atoms with van der Waals surface area (Å²) in [5.74, 6) is -0.962. The highest BCUT2D eigenvalue weighted by molar-refractivity contribution is 5.99. The summed E-state index contributed by atoms with van der Waals surface area (Å²) in [4.78, 5) is 26.4. The van der Waals surface area contributed by atoms with Crippen molar-refractivity contribution in [3.05, 3.63) is 59.9 Å². The molecular formula is C20H20FNO4. The number of hydrogen-bond acceptors (Lipinski definition) is 4. The Hall–Kier alpha value is -2.89. The van der Waals surface area contributed by atoms with Crippen molar-refractivity contribution in [2.45, 2.75) is 32.4 Å². The van der Waals surface area contributed by atoms with E-state index in [-0.39, 0.29) is 24.4 Å². The molecule has 1 heterocycles. The van der Waals surface area contributed by atoms with Crippen molar-refractivity contribution in [1.29, 1.82) is 0 Å². The van der Waals surface area contributed by atoms with Gasteiger partial charge in [0.2, 0.25) is 0 Å². The summed E-state index contributed by atoms with van der Waals surface area (Å²) < 4.78 is 23.3. The minimum atomic E-state index is -0.923. The van der Waals surface area contributed by atoms with Crippen LogP contribution in [-0.2, 0) is 20.7 Å². The molecule has 0 aromatic heterocycles. The molecule has 1 aliphatic heterocycles. The van der Waals surface area contributed by atoms with E-state index < -0.39 is 12.1 Å². The van der Waals surface area contributed by atoms with Gasteiger partial charge in [0.25, 0.3) is 5.91 Å². The number of rotatable bonds is 5. The van der Waals surface area contributed by atoms with E-state index in [1.54, 1.807) is 11.8 Å². The molecule has 2 aromatic rings. The number of ether oxygens (including phenoxy) is 2. The van der Waals surface area contributed by atoms with Crippen molar-refractivity contribution in [3.8, 4) is 5.75 Å². The smallest absolute Gasteiger partial charge is 0.344 e. The Kier molecular flexibility index (Phi) is 5.21. The fourth-order valence-corrected chi connectivity index (χ4v) is 3.05. The standard InChI is InChI=1S/C20H20FNO4/c1-13-11-15-5-3-4-6-18(15)22(13)20(24)14(2)26-19(23)12-25-17-9-7-16(21)8-10-17/h3-10,13-14H,11-12H2,1-2H3/t13-,14-/m1/s1. The first kappa shape index (κ1) is 17.9. The largest absolute Gasteiger partial charge is 0.482 e. The molecule has 0 bridgehead atoms. The molecule has 0 fully saturated rings. The molecule has 1 aliphatic rings. The fraction of sp³-hybridized carbons (Fsp3) is 0.300. The molecule has 136 valence electrons. The van der Waals surface area contributed by atoms with Crippen molar-refractivity contribution in [3.63, 3.8) is 0 Å². The van der Waals surface area contributed by atoms with Gasteiger partial charge in [-0.2, -0.15) is 0 Å². The normalized spacial score (nSPS) is 16.7. The van der Waals surface area contributed by atoms with Crippen LogP contribution >= 0.6 is 0 Å². The Morgan fingerprint density at radius 3 is 2.62 bits per heavy atom. The van der Waals surface area contributed by atoms with Gasteiger partial charge in [-0.25, -0.2) is 9.18 Å². The van der Waals surface area contributed by atoms with Gasteiger partial charge in [0.05, 0.1) is 0 Å². The molecular weight excluding hydrogens is 337 g/mol. The molecule has 2 aromatic carbocycles. The van der Waals surface area contributed by atoms with Gasteiger partial charge in [0.1, 0.15) is 11.6 Å². The summed E-state index contributed by atoms with van der Waals surface area (Å²) in [5, 5.41) is 0. The Bertz CT molecular complexity index is 806. The van der Waals surface area contributed by atoms with E-state index in [1.807, 2.05) is 31.2 Å². The number of esters is 1. The van der Waals surface area contributed by atoms with Crippen molar-refractivity contribution < 1.29 is 23.5 Å². The predicted octanol–water partition coefficient (Wildman–Crippen LogP) is 3.11. The molecule has 0 aliphatic carbocycles. The monoisotopic (exact) mass is 357 g/mol. The first-order valence-corrected chi connectivity index (χ1v) is 8.44. The number of carbonyl (C=O) groups is 2. The Balaban J connectivity index is 1.57. The van der Waals surface area contributed by atoms with Crippen LogP contribution in [0.1, 0.15) is 19.4 Å². The van der Waals surface area contributed by atoms with Crippen LogP contribution in [0.3, 0.4) is 0 Å². The summed E-state index contributed by atoms with van der Waals surface area (Å²) in [6, 6.07) is 13.0. The van der Waals surface area contributed by atoms with Crippen LogP contribution in [0, 0.1) is 5.82 Å². The molecule has 3 rings (SSSR count). The molecule has 0 N–H and O–H groups in total. The minimum absolute atomic E-state index is 0.0107. The maximum Gasteiger partial charge on any atom is 0.344 e. The average Bonchev–Trinajstić information content (AvgIpc) is 2.96. The zero-order chi connectivity index (χ0) is 18.7. The van der Waals surface area contributed by atoms with E-state index in [0.29, 0.717) is 5.75 Å². The SMILES string of the molecule is C[C@@H]1Cc2ccccc2N1C(=O)[C@@H](C)OC(=O)COc1ccc(F)cc1. The lowest BCUT2D eigenvalue weighted by atomic mass is 10.1. The second kappa shape index (κ2) is 7.56. The molecule has 0 saturated carbocycles. The van der Waals surface area contributed by atoms with Crippen molar-refractivity contribution >= 4 is 17.6 Å². The molecule has 0 radical (unpaired) electrons. The van der Waals surface area contributed by atoms with Crippen molar-refractivity contribution in [1.82, 2.24) is 0 Å². The highest BCUT2D eigenvalue weighted by Crippen LogP contribution is 2.32. The van der Waals surface area contributed by atoms with Crippen LogP contribution in [0.5, 0.6) is 5.75 Å². The average molecular weight is 357 g/mol. The van der Waals surface area contributed by atoms with Gasteiger partial charge >= 0.3 is 5.97 Å². The molecule has 26 heavy (non-hydrogen) atoms. The van der Waals surface area contributed by atoms with Crippen molar-refractivity contribution in [2.24, 2.45) is 0 Å². The number of hydrogen-bond donors (Lipinski definition) is 0.